The van der Waals surface area contributed by atoms with Gasteiger partial charge >= 0.3 is 0 Å². The van der Waals surface area contributed by atoms with E-state index >= 15 is 0 Å². The lowest BCUT2D eigenvalue weighted by molar-refractivity contribution is -0.0767. The van der Waals surface area contributed by atoms with Crippen molar-refractivity contribution in [3.63, 3.8) is 0 Å². The predicted molar refractivity (Wildman–Crippen MR) is 98.5 cm³/mol. The minimum absolute atomic E-state index is 0.111. The van der Waals surface area contributed by atoms with Crippen molar-refractivity contribution in [2.75, 3.05) is 11.9 Å². The van der Waals surface area contributed by atoms with Crippen LogP contribution in [-0.4, -0.2) is 33.2 Å². The second-order valence-corrected chi connectivity index (χ2v) is 7.41. The number of aryl methyl sites for hydroxylation is 1. The van der Waals surface area contributed by atoms with Crippen LogP contribution >= 0.6 is 0 Å². The average Bonchev–Trinajstić information content (AvgIpc) is 3.07. The van der Waals surface area contributed by atoms with Crippen LogP contribution in [0.2, 0.25) is 0 Å². The average molecular weight is 338 g/mol. The molecule has 4 rings (SSSR count). The number of ether oxygens (including phenoxy) is 1. The molecule has 5 nitrogen and oxygen atoms in total. The monoisotopic (exact) mass is 338 g/mol. The maximum atomic E-state index is 6.16. The highest BCUT2D eigenvalue weighted by Crippen LogP contribution is 2.40. The summed E-state index contributed by atoms with van der Waals surface area (Å²) in [6.45, 7) is 4.99. The summed E-state index contributed by atoms with van der Waals surface area (Å²) in [5.74, 6) is 1.72. The molecule has 2 aromatic rings. The first-order valence-corrected chi connectivity index (χ1v) is 9.31. The fourth-order valence-corrected chi connectivity index (χ4v) is 4.11. The smallest absolute Gasteiger partial charge is 0.161 e. The fourth-order valence-electron chi connectivity index (χ4n) is 4.11. The predicted octanol–water partition coefficient (Wildman–Crippen LogP) is 4.06. The Bertz CT molecular complexity index is 741. The van der Waals surface area contributed by atoms with Gasteiger partial charge in [-0.1, -0.05) is 12.8 Å². The zero-order valence-electron chi connectivity index (χ0n) is 15.1. The molecule has 3 heterocycles. The Balaban J connectivity index is 1.58. The molecule has 2 aromatic heterocycles. The zero-order valence-corrected chi connectivity index (χ0v) is 15.1. The molecule has 25 heavy (non-hydrogen) atoms. The number of hydrogen-bond acceptors (Lipinski definition) is 5. The van der Waals surface area contributed by atoms with E-state index in [2.05, 4.69) is 29.1 Å². The largest absolute Gasteiger partial charge is 0.375 e. The number of pyridine rings is 1. The lowest BCUT2D eigenvalue weighted by atomic mass is 9.89. The topological polar surface area (TPSA) is 59.9 Å². The summed E-state index contributed by atoms with van der Waals surface area (Å²) in [5.41, 5.74) is 3.26. The van der Waals surface area contributed by atoms with Crippen molar-refractivity contribution in [2.45, 2.75) is 64.0 Å². The van der Waals surface area contributed by atoms with Crippen molar-refractivity contribution in [2.24, 2.45) is 0 Å². The Morgan fingerprint density at radius 1 is 1.12 bits per heavy atom. The maximum absolute atomic E-state index is 6.16. The van der Waals surface area contributed by atoms with Crippen molar-refractivity contribution in [1.82, 2.24) is 15.0 Å². The second kappa shape index (κ2) is 6.71. The number of nitrogens with one attached hydrogen (secondary N) is 1. The summed E-state index contributed by atoms with van der Waals surface area (Å²) < 4.78 is 6.16. The molecule has 1 saturated carbocycles. The molecule has 2 aliphatic rings. The molecular weight excluding hydrogens is 312 g/mol. The molecule has 5 heteroatoms. The van der Waals surface area contributed by atoms with Gasteiger partial charge in [0, 0.05) is 41.9 Å². The molecule has 1 spiro atoms. The molecule has 2 fully saturated rings. The third kappa shape index (κ3) is 3.38. The van der Waals surface area contributed by atoms with E-state index in [9.17, 15) is 0 Å². The van der Waals surface area contributed by atoms with Crippen LogP contribution in [0.25, 0.3) is 11.4 Å². The minimum Gasteiger partial charge on any atom is -0.375 e. The molecular formula is C20H26N4O. The van der Waals surface area contributed by atoms with E-state index in [1.807, 2.05) is 12.1 Å². The van der Waals surface area contributed by atoms with Crippen LogP contribution < -0.4 is 5.32 Å². The fraction of sp³-hybridized carbons (Fsp3) is 0.550. The Hall–Kier alpha value is -2.01. The first-order chi connectivity index (χ1) is 12.2. The van der Waals surface area contributed by atoms with E-state index in [-0.39, 0.29) is 5.60 Å². The number of hydrogen-bond donors (Lipinski definition) is 1. The summed E-state index contributed by atoms with van der Waals surface area (Å²) in [6.07, 6.45) is 10.7. The van der Waals surface area contributed by atoms with Crippen molar-refractivity contribution >= 4 is 5.82 Å². The van der Waals surface area contributed by atoms with Gasteiger partial charge in [-0.05, 0) is 51.7 Å². The Morgan fingerprint density at radius 2 is 1.88 bits per heavy atom. The van der Waals surface area contributed by atoms with Crippen LogP contribution in [-0.2, 0) is 4.74 Å². The lowest BCUT2D eigenvalue weighted by Gasteiger charge is -2.39. The Morgan fingerprint density at radius 3 is 2.64 bits per heavy atom. The van der Waals surface area contributed by atoms with Crippen molar-refractivity contribution in [3.05, 3.63) is 35.8 Å². The SMILES string of the molecule is Cc1nc(-c2ccncc2)nc(NC2CCOC3(CCCC3)C2)c1C. The molecule has 1 N–H and O–H groups in total. The van der Waals surface area contributed by atoms with E-state index < -0.39 is 0 Å². The highest BCUT2D eigenvalue weighted by molar-refractivity contribution is 5.59. The Labute approximate surface area is 149 Å². The summed E-state index contributed by atoms with van der Waals surface area (Å²) >= 11 is 0. The van der Waals surface area contributed by atoms with Crippen LogP contribution in [0.3, 0.4) is 0 Å². The maximum Gasteiger partial charge on any atom is 0.161 e. The molecule has 0 amide bonds. The quantitative estimate of drug-likeness (QED) is 0.914. The van der Waals surface area contributed by atoms with Gasteiger partial charge < -0.3 is 10.1 Å². The zero-order chi connectivity index (χ0) is 17.3. The van der Waals surface area contributed by atoms with Crippen LogP contribution in [0.5, 0.6) is 0 Å². The lowest BCUT2D eigenvalue weighted by Crippen LogP contribution is -2.42. The third-order valence-corrected chi connectivity index (χ3v) is 5.68. The van der Waals surface area contributed by atoms with Gasteiger partial charge in [0.25, 0.3) is 0 Å². The number of rotatable bonds is 3. The van der Waals surface area contributed by atoms with E-state index in [1.165, 1.54) is 25.7 Å². The van der Waals surface area contributed by atoms with Crippen molar-refractivity contribution in [1.29, 1.82) is 0 Å². The highest BCUT2D eigenvalue weighted by Gasteiger charge is 2.40. The second-order valence-electron chi connectivity index (χ2n) is 7.41. The molecule has 0 bridgehead atoms. The van der Waals surface area contributed by atoms with Crippen molar-refractivity contribution in [3.8, 4) is 11.4 Å². The van der Waals surface area contributed by atoms with Gasteiger partial charge in [-0.3, -0.25) is 4.98 Å². The number of anilines is 1. The van der Waals surface area contributed by atoms with Crippen LogP contribution in [0.15, 0.2) is 24.5 Å². The van der Waals surface area contributed by atoms with Gasteiger partial charge in [-0.2, -0.15) is 0 Å². The molecule has 1 unspecified atom stereocenters. The van der Waals surface area contributed by atoms with Gasteiger partial charge in [-0.25, -0.2) is 9.97 Å². The van der Waals surface area contributed by atoms with Gasteiger partial charge in [-0.15, -0.1) is 0 Å². The van der Waals surface area contributed by atoms with E-state index in [4.69, 9.17) is 9.72 Å². The molecule has 1 aliphatic carbocycles. The highest BCUT2D eigenvalue weighted by atomic mass is 16.5. The van der Waals surface area contributed by atoms with Gasteiger partial charge in [0.05, 0.1) is 5.60 Å². The summed E-state index contributed by atoms with van der Waals surface area (Å²) in [6, 6.07) is 4.33. The van der Waals surface area contributed by atoms with E-state index in [1.54, 1.807) is 12.4 Å². The minimum atomic E-state index is 0.111. The summed E-state index contributed by atoms with van der Waals surface area (Å²) in [4.78, 5) is 13.6. The van der Waals surface area contributed by atoms with Gasteiger partial charge in [0.1, 0.15) is 5.82 Å². The van der Waals surface area contributed by atoms with Crippen LogP contribution in [0.1, 0.15) is 49.8 Å². The summed E-state index contributed by atoms with van der Waals surface area (Å²) in [5, 5.41) is 3.70. The van der Waals surface area contributed by atoms with Crippen LogP contribution in [0, 0.1) is 13.8 Å². The third-order valence-electron chi connectivity index (χ3n) is 5.68. The van der Waals surface area contributed by atoms with Gasteiger partial charge in [0.2, 0.25) is 0 Å². The number of aromatic nitrogens is 3. The van der Waals surface area contributed by atoms with Crippen molar-refractivity contribution < 1.29 is 4.74 Å². The molecule has 1 saturated heterocycles. The molecule has 1 atom stereocenters. The summed E-state index contributed by atoms with van der Waals surface area (Å²) in [7, 11) is 0. The van der Waals surface area contributed by atoms with Gasteiger partial charge in [0.15, 0.2) is 5.82 Å². The van der Waals surface area contributed by atoms with Crippen LogP contribution in [0.4, 0.5) is 5.82 Å². The molecule has 0 aromatic carbocycles. The number of nitrogens with zero attached hydrogens (tertiary/aromatic N) is 3. The Kier molecular flexibility index (Phi) is 4.42. The normalized spacial score (nSPS) is 22.2. The first-order valence-electron chi connectivity index (χ1n) is 9.31. The van der Waals surface area contributed by atoms with E-state index in [0.717, 1.165) is 47.9 Å². The molecule has 1 aliphatic heterocycles. The molecule has 132 valence electrons. The first kappa shape index (κ1) is 16.5. The molecule has 0 radical (unpaired) electrons. The van der Waals surface area contributed by atoms with E-state index in [0.29, 0.717) is 6.04 Å². The standard InChI is InChI=1S/C20H26N4O/c1-14-15(2)22-19(16-5-10-21-11-6-16)24-18(14)23-17-7-12-25-20(13-17)8-3-4-9-20/h5-6,10-11,17H,3-4,7-9,12-13H2,1-2H3,(H,22,23,24).